The standard InChI is InChI=1S/C46H31N3O/c1-3-13-30(14-4-1)31-23-25-33(26-24-31)44-47-43(32-15-5-2-6-16-32)48-45(49-44)34-27-28-42-40(29-34)46(39-21-11-12-22-41(39)50-42)37-19-9-7-17-35(37)36-18-8-10-20-38(36)46/h1-9,11-19,21-29H,10,20H2. The summed E-state index contributed by atoms with van der Waals surface area (Å²) in [6, 6.07) is 52.9. The minimum absolute atomic E-state index is 0.484. The van der Waals surface area contributed by atoms with E-state index in [4.69, 9.17) is 19.7 Å². The maximum atomic E-state index is 6.69. The zero-order chi connectivity index (χ0) is 33.1. The fourth-order valence-corrected chi connectivity index (χ4v) is 8.10. The van der Waals surface area contributed by atoms with Gasteiger partial charge in [0, 0.05) is 27.8 Å². The van der Waals surface area contributed by atoms with E-state index < -0.39 is 5.41 Å². The van der Waals surface area contributed by atoms with Crippen LogP contribution in [-0.4, -0.2) is 15.0 Å². The number of hydrogen-bond acceptors (Lipinski definition) is 4. The summed E-state index contributed by atoms with van der Waals surface area (Å²) < 4.78 is 6.69. The molecule has 0 radical (unpaired) electrons. The molecule has 0 bridgehead atoms. The highest BCUT2D eigenvalue weighted by Crippen LogP contribution is 2.63. The van der Waals surface area contributed by atoms with Crippen molar-refractivity contribution in [2.24, 2.45) is 0 Å². The quantitative estimate of drug-likeness (QED) is 0.192. The van der Waals surface area contributed by atoms with Gasteiger partial charge < -0.3 is 4.74 Å². The van der Waals surface area contributed by atoms with Crippen LogP contribution in [0.1, 0.15) is 35.1 Å². The average Bonchev–Trinajstić information content (AvgIpc) is 3.49. The Hall–Kier alpha value is -6.39. The summed E-state index contributed by atoms with van der Waals surface area (Å²) in [6.45, 7) is 0. The van der Waals surface area contributed by atoms with Crippen LogP contribution in [0.2, 0.25) is 0 Å². The van der Waals surface area contributed by atoms with Crippen molar-refractivity contribution in [3.8, 4) is 56.8 Å². The van der Waals surface area contributed by atoms with Crippen molar-refractivity contribution >= 4 is 5.57 Å². The first-order chi connectivity index (χ1) is 24.8. The zero-order valence-corrected chi connectivity index (χ0v) is 27.3. The molecular formula is C46H31N3O. The fourth-order valence-electron chi connectivity index (χ4n) is 8.10. The van der Waals surface area contributed by atoms with Gasteiger partial charge in [0.2, 0.25) is 0 Å². The maximum Gasteiger partial charge on any atom is 0.164 e. The van der Waals surface area contributed by atoms with Gasteiger partial charge in [-0.15, -0.1) is 0 Å². The second-order valence-electron chi connectivity index (χ2n) is 13.1. The van der Waals surface area contributed by atoms with E-state index in [-0.39, 0.29) is 0 Å². The SMILES string of the molecule is C1=CC2=C(CC1)C1(c3ccccc3Oc3ccc(-c4nc(-c5ccccc5)nc(-c5ccc(-c6ccccc6)cc5)n4)cc31)c1ccccc12. The van der Waals surface area contributed by atoms with E-state index in [9.17, 15) is 0 Å². The Morgan fingerprint density at radius 3 is 1.76 bits per heavy atom. The first kappa shape index (κ1) is 28.6. The van der Waals surface area contributed by atoms with Gasteiger partial charge in [-0.05, 0) is 70.5 Å². The Balaban J connectivity index is 1.18. The van der Waals surface area contributed by atoms with E-state index in [0.29, 0.717) is 17.5 Å². The number of rotatable bonds is 4. The Labute approximate surface area is 291 Å². The molecule has 0 amide bonds. The van der Waals surface area contributed by atoms with Crippen LogP contribution < -0.4 is 4.74 Å². The van der Waals surface area contributed by atoms with Gasteiger partial charge in [0.05, 0.1) is 5.41 Å². The number of para-hydroxylation sites is 1. The molecule has 10 rings (SSSR count). The molecule has 0 saturated heterocycles. The van der Waals surface area contributed by atoms with Gasteiger partial charge in [-0.2, -0.15) is 0 Å². The normalized spacial score (nSPS) is 16.7. The molecule has 7 aromatic rings. The lowest BCUT2D eigenvalue weighted by molar-refractivity contribution is 0.432. The number of ether oxygens (including phenoxy) is 1. The third-order valence-corrected chi connectivity index (χ3v) is 10.3. The van der Waals surface area contributed by atoms with Gasteiger partial charge in [0.1, 0.15) is 11.5 Å². The van der Waals surface area contributed by atoms with E-state index in [1.165, 1.54) is 33.4 Å². The smallest absolute Gasteiger partial charge is 0.164 e. The number of nitrogens with zero attached hydrogens (tertiary/aromatic N) is 3. The van der Waals surface area contributed by atoms with Crippen molar-refractivity contribution in [1.82, 2.24) is 15.0 Å². The van der Waals surface area contributed by atoms with Gasteiger partial charge in [-0.3, -0.25) is 0 Å². The summed E-state index contributed by atoms with van der Waals surface area (Å²) >= 11 is 0. The minimum atomic E-state index is -0.484. The Morgan fingerprint density at radius 1 is 0.460 bits per heavy atom. The highest BCUT2D eigenvalue weighted by Gasteiger charge is 2.52. The van der Waals surface area contributed by atoms with Crippen molar-refractivity contribution in [2.45, 2.75) is 18.3 Å². The molecule has 2 aliphatic carbocycles. The number of allylic oxidation sites excluding steroid dienone is 4. The number of aromatic nitrogens is 3. The first-order valence-electron chi connectivity index (χ1n) is 17.2. The number of benzene rings is 6. The third-order valence-electron chi connectivity index (χ3n) is 10.3. The molecule has 3 aliphatic rings. The molecule has 236 valence electrons. The molecule has 1 aromatic heterocycles. The van der Waals surface area contributed by atoms with Crippen molar-refractivity contribution in [2.75, 3.05) is 0 Å². The van der Waals surface area contributed by atoms with Crippen molar-refractivity contribution in [3.63, 3.8) is 0 Å². The lowest BCUT2D eigenvalue weighted by atomic mass is 9.64. The Morgan fingerprint density at radius 2 is 1.00 bits per heavy atom. The monoisotopic (exact) mass is 641 g/mol. The molecule has 50 heavy (non-hydrogen) atoms. The summed E-state index contributed by atoms with van der Waals surface area (Å²) in [5.41, 5.74) is 12.3. The molecule has 6 aromatic carbocycles. The molecule has 1 spiro atoms. The van der Waals surface area contributed by atoms with E-state index in [0.717, 1.165) is 52.2 Å². The molecule has 1 unspecified atom stereocenters. The van der Waals surface area contributed by atoms with Crippen molar-refractivity contribution in [1.29, 1.82) is 0 Å². The predicted octanol–water partition coefficient (Wildman–Crippen LogP) is 11.1. The lowest BCUT2D eigenvalue weighted by Gasteiger charge is -2.41. The van der Waals surface area contributed by atoms with Gasteiger partial charge in [-0.1, -0.05) is 140 Å². The second-order valence-corrected chi connectivity index (χ2v) is 13.1. The third kappa shape index (κ3) is 4.35. The van der Waals surface area contributed by atoms with Crippen LogP contribution in [0.15, 0.2) is 169 Å². The van der Waals surface area contributed by atoms with Crippen LogP contribution >= 0.6 is 0 Å². The van der Waals surface area contributed by atoms with E-state index in [1.54, 1.807) is 0 Å². The van der Waals surface area contributed by atoms with E-state index >= 15 is 0 Å². The van der Waals surface area contributed by atoms with Crippen LogP contribution in [0.4, 0.5) is 0 Å². The molecule has 1 aliphatic heterocycles. The van der Waals surface area contributed by atoms with Crippen LogP contribution in [0.5, 0.6) is 11.5 Å². The van der Waals surface area contributed by atoms with E-state index in [1.807, 2.05) is 36.4 Å². The van der Waals surface area contributed by atoms with E-state index in [2.05, 4.69) is 127 Å². The topological polar surface area (TPSA) is 47.9 Å². The Bertz CT molecular complexity index is 2500. The molecule has 4 heteroatoms. The summed E-state index contributed by atoms with van der Waals surface area (Å²) in [4.78, 5) is 15.3. The van der Waals surface area contributed by atoms with Gasteiger partial charge in [0.15, 0.2) is 17.5 Å². The van der Waals surface area contributed by atoms with Gasteiger partial charge >= 0.3 is 0 Å². The van der Waals surface area contributed by atoms with Crippen LogP contribution in [0, 0.1) is 0 Å². The fraction of sp³-hybridized carbons (Fsp3) is 0.0652. The average molecular weight is 642 g/mol. The van der Waals surface area contributed by atoms with Crippen molar-refractivity contribution in [3.05, 3.63) is 192 Å². The molecule has 0 saturated carbocycles. The molecular weight excluding hydrogens is 611 g/mol. The number of fused-ring (bicyclic) bond motifs is 8. The molecule has 0 N–H and O–H groups in total. The Kier molecular flexibility index (Phi) is 6.50. The summed E-state index contributed by atoms with van der Waals surface area (Å²) in [6.07, 6.45) is 6.61. The summed E-state index contributed by atoms with van der Waals surface area (Å²) in [5.74, 6) is 3.66. The zero-order valence-electron chi connectivity index (χ0n) is 27.3. The lowest BCUT2D eigenvalue weighted by Crippen LogP contribution is -2.33. The first-order valence-corrected chi connectivity index (χ1v) is 17.2. The van der Waals surface area contributed by atoms with Crippen molar-refractivity contribution < 1.29 is 4.74 Å². The highest BCUT2D eigenvalue weighted by molar-refractivity contribution is 5.92. The van der Waals surface area contributed by atoms with Crippen LogP contribution in [0.3, 0.4) is 0 Å². The summed E-state index contributed by atoms with van der Waals surface area (Å²) in [7, 11) is 0. The molecule has 0 fully saturated rings. The second kappa shape index (κ2) is 11.4. The minimum Gasteiger partial charge on any atom is -0.457 e. The molecule has 2 heterocycles. The van der Waals surface area contributed by atoms with Crippen LogP contribution in [-0.2, 0) is 5.41 Å². The largest absolute Gasteiger partial charge is 0.457 e. The maximum absolute atomic E-state index is 6.69. The highest BCUT2D eigenvalue weighted by atomic mass is 16.5. The number of hydrogen-bond donors (Lipinski definition) is 0. The summed E-state index contributed by atoms with van der Waals surface area (Å²) in [5, 5.41) is 0. The molecule has 4 nitrogen and oxygen atoms in total. The molecule has 1 atom stereocenters. The van der Waals surface area contributed by atoms with Gasteiger partial charge in [0.25, 0.3) is 0 Å². The van der Waals surface area contributed by atoms with Crippen LogP contribution in [0.25, 0.3) is 50.9 Å². The van der Waals surface area contributed by atoms with Gasteiger partial charge in [-0.25, -0.2) is 15.0 Å². The predicted molar refractivity (Wildman–Crippen MR) is 200 cm³/mol.